The van der Waals surface area contributed by atoms with E-state index in [0.29, 0.717) is 13.2 Å². The normalized spacial score (nSPS) is 14.9. The van der Waals surface area contributed by atoms with Crippen LogP contribution in [-0.2, 0) is 9.16 Å². The van der Waals surface area contributed by atoms with Crippen molar-refractivity contribution in [3.63, 3.8) is 0 Å². The molecule has 0 saturated carbocycles. The van der Waals surface area contributed by atoms with Gasteiger partial charge in [0.05, 0.1) is 19.8 Å². The average Bonchev–Trinajstić information content (AvgIpc) is 2.16. The number of hydrogen-bond donors (Lipinski definition) is 1. The first-order valence-electron chi connectivity index (χ1n) is 5.72. The SMILES string of the molecule is C=CCO[C@@H](CO)CO[Si](C)(C)C(C)(C)C. The zero-order valence-electron chi connectivity index (χ0n) is 11.2. The zero-order chi connectivity index (χ0) is 12.8. The summed E-state index contributed by atoms with van der Waals surface area (Å²) in [6.45, 7) is 15.4. The Bertz CT molecular complexity index is 209. The third-order valence-corrected chi connectivity index (χ3v) is 7.59. The van der Waals surface area contributed by atoms with Gasteiger partial charge in [-0.3, -0.25) is 0 Å². The van der Waals surface area contributed by atoms with E-state index in [-0.39, 0.29) is 17.7 Å². The summed E-state index contributed by atoms with van der Waals surface area (Å²) in [5.74, 6) is 0. The second-order valence-electron chi connectivity index (χ2n) is 5.50. The van der Waals surface area contributed by atoms with Crippen LogP contribution in [0.1, 0.15) is 20.8 Å². The highest BCUT2D eigenvalue weighted by Gasteiger charge is 2.37. The number of aliphatic hydroxyl groups is 1. The summed E-state index contributed by atoms with van der Waals surface area (Å²) in [5.41, 5.74) is 0. The van der Waals surface area contributed by atoms with Crippen LogP contribution in [0.2, 0.25) is 18.1 Å². The predicted octanol–water partition coefficient (Wildman–Crippen LogP) is 2.57. The van der Waals surface area contributed by atoms with Crippen LogP contribution in [0.3, 0.4) is 0 Å². The minimum absolute atomic E-state index is 0.0114. The van der Waals surface area contributed by atoms with Gasteiger partial charge >= 0.3 is 0 Å². The molecule has 16 heavy (non-hydrogen) atoms. The molecule has 0 spiro atoms. The molecule has 1 N–H and O–H groups in total. The summed E-state index contributed by atoms with van der Waals surface area (Å²) in [7, 11) is -1.74. The zero-order valence-corrected chi connectivity index (χ0v) is 12.2. The van der Waals surface area contributed by atoms with Gasteiger partial charge in [-0.15, -0.1) is 6.58 Å². The van der Waals surface area contributed by atoms with Crippen LogP contribution in [0.15, 0.2) is 12.7 Å². The van der Waals surface area contributed by atoms with Crippen molar-refractivity contribution in [1.82, 2.24) is 0 Å². The Hall–Kier alpha value is -0.163. The van der Waals surface area contributed by atoms with Crippen molar-refractivity contribution < 1.29 is 14.3 Å². The molecule has 0 amide bonds. The lowest BCUT2D eigenvalue weighted by Gasteiger charge is -2.37. The van der Waals surface area contributed by atoms with Gasteiger partial charge in [0, 0.05) is 0 Å². The molecular formula is C12H26O3Si. The average molecular weight is 246 g/mol. The van der Waals surface area contributed by atoms with E-state index < -0.39 is 8.32 Å². The van der Waals surface area contributed by atoms with Crippen molar-refractivity contribution in [2.75, 3.05) is 19.8 Å². The van der Waals surface area contributed by atoms with Gasteiger partial charge < -0.3 is 14.3 Å². The second kappa shape index (κ2) is 6.54. The van der Waals surface area contributed by atoms with Crippen LogP contribution in [-0.4, -0.2) is 39.3 Å². The molecule has 0 aliphatic rings. The molecule has 3 nitrogen and oxygen atoms in total. The highest BCUT2D eigenvalue weighted by molar-refractivity contribution is 6.74. The fourth-order valence-electron chi connectivity index (χ4n) is 0.875. The van der Waals surface area contributed by atoms with Crippen LogP contribution in [0.25, 0.3) is 0 Å². The number of rotatable bonds is 7. The van der Waals surface area contributed by atoms with Crippen LogP contribution in [0.4, 0.5) is 0 Å². The second-order valence-corrected chi connectivity index (χ2v) is 10.3. The van der Waals surface area contributed by atoms with Gasteiger partial charge in [0.1, 0.15) is 6.10 Å². The van der Waals surface area contributed by atoms with Gasteiger partial charge in [0.25, 0.3) is 0 Å². The van der Waals surface area contributed by atoms with E-state index in [1.807, 2.05) is 0 Å². The largest absolute Gasteiger partial charge is 0.414 e. The molecule has 0 aromatic heterocycles. The molecule has 96 valence electrons. The van der Waals surface area contributed by atoms with Crippen molar-refractivity contribution in [3.05, 3.63) is 12.7 Å². The topological polar surface area (TPSA) is 38.7 Å². The van der Waals surface area contributed by atoms with E-state index in [0.717, 1.165) is 0 Å². The first-order valence-corrected chi connectivity index (χ1v) is 8.62. The van der Waals surface area contributed by atoms with E-state index in [9.17, 15) is 0 Å². The Balaban J connectivity index is 4.14. The lowest BCUT2D eigenvalue weighted by atomic mass is 10.2. The van der Waals surface area contributed by atoms with Gasteiger partial charge in [-0.25, -0.2) is 0 Å². The van der Waals surface area contributed by atoms with E-state index in [4.69, 9.17) is 14.3 Å². The van der Waals surface area contributed by atoms with Gasteiger partial charge in [-0.2, -0.15) is 0 Å². The Morgan fingerprint density at radius 3 is 2.31 bits per heavy atom. The van der Waals surface area contributed by atoms with Gasteiger partial charge in [-0.1, -0.05) is 26.8 Å². The minimum Gasteiger partial charge on any atom is -0.414 e. The lowest BCUT2D eigenvalue weighted by molar-refractivity contribution is -0.00384. The van der Waals surface area contributed by atoms with Crippen LogP contribution >= 0.6 is 0 Å². The Kier molecular flexibility index (Phi) is 6.48. The van der Waals surface area contributed by atoms with Gasteiger partial charge in [0.15, 0.2) is 8.32 Å². The van der Waals surface area contributed by atoms with Gasteiger partial charge in [-0.05, 0) is 18.1 Å². The third-order valence-electron chi connectivity index (χ3n) is 3.09. The molecule has 0 aromatic carbocycles. The molecule has 0 saturated heterocycles. The first kappa shape index (κ1) is 15.8. The molecule has 0 bridgehead atoms. The van der Waals surface area contributed by atoms with E-state index in [1.165, 1.54) is 0 Å². The maximum atomic E-state index is 9.13. The maximum absolute atomic E-state index is 9.13. The predicted molar refractivity (Wildman–Crippen MR) is 70.2 cm³/mol. The Morgan fingerprint density at radius 2 is 1.94 bits per heavy atom. The van der Waals surface area contributed by atoms with E-state index >= 15 is 0 Å². The third kappa shape index (κ3) is 5.25. The molecule has 0 aromatic rings. The monoisotopic (exact) mass is 246 g/mol. The summed E-state index contributed by atoms with van der Waals surface area (Å²) >= 11 is 0. The molecule has 0 rings (SSSR count). The molecule has 0 radical (unpaired) electrons. The molecule has 4 heteroatoms. The summed E-state index contributed by atoms with van der Waals surface area (Å²) in [6, 6.07) is 0. The molecule has 0 unspecified atom stereocenters. The van der Waals surface area contributed by atoms with Crippen molar-refractivity contribution in [1.29, 1.82) is 0 Å². The summed E-state index contributed by atoms with van der Waals surface area (Å²) in [6.07, 6.45) is 1.43. The Labute approximate surface area is 101 Å². The fraction of sp³-hybridized carbons (Fsp3) is 0.833. The fourth-order valence-corrected chi connectivity index (χ4v) is 1.91. The highest BCUT2D eigenvalue weighted by atomic mass is 28.4. The number of hydrogen-bond acceptors (Lipinski definition) is 3. The molecule has 1 atom stereocenters. The van der Waals surface area contributed by atoms with Crippen molar-refractivity contribution >= 4 is 8.32 Å². The lowest BCUT2D eigenvalue weighted by Crippen LogP contribution is -2.43. The van der Waals surface area contributed by atoms with Crippen LogP contribution < -0.4 is 0 Å². The first-order chi connectivity index (χ1) is 7.24. The number of aliphatic hydroxyl groups excluding tert-OH is 1. The van der Waals surface area contributed by atoms with Gasteiger partial charge in [0.2, 0.25) is 0 Å². The highest BCUT2D eigenvalue weighted by Crippen LogP contribution is 2.36. The molecular weight excluding hydrogens is 220 g/mol. The molecule has 0 heterocycles. The Morgan fingerprint density at radius 1 is 1.38 bits per heavy atom. The number of ether oxygens (including phenoxy) is 1. The molecule has 0 aliphatic heterocycles. The maximum Gasteiger partial charge on any atom is 0.192 e. The standard InChI is InChI=1S/C12H26O3Si/c1-7-8-14-11(9-13)10-15-16(5,6)12(2,3)4/h7,11,13H,1,8-10H2,2-6H3/t11-/m0/s1. The van der Waals surface area contributed by atoms with E-state index in [1.54, 1.807) is 6.08 Å². The van der Waals surface area contributed by atoms with Crippen LogP contribution in [0.5, 0.6) is 0 Å². The van der Waals surface area contributed by atoms with Crippen LogP contribution in [0, 0.1) is 0 Å². The molecule has 0 fully saturated rings. The van der Waals surface area contributed by atoms with Crippen molar-refractivity contribution in [2.24, 2.45) is 0 Å². The molecule has 0 aliphatic carbocycles. The summed E-state index contributed by atoms with van der Waals surface area (Å²) in [4.78, 5) is 0. The summed E-state index contributed by atoms with van der Waals surface area (Å²) in [5, 5.41) is 9.31. The minimum atomic E-state index is -1.74. The van der Waals surface area contributed by atoms with Crippen molar-refractivity contribution in [3.8, 4) is 0 Å². The quantitative estimate of drug-likeness (QED) is 0.554. The smallest absolute Gasteiger partial charge is 0.192 e. The van der Waals surface area contributed by atoms with E-state index in [2.05, 4.69) is 40.4 Å². The van der Waals surface area contributed by atoms with Crippen molar-refractivity contribution in [2.45, 2.75) is 45.0 Å². The summed E-state index contributed by atoms with van der Waals surface area (Å²) < 4.78 is 11.3.